The Kier molecular flexibility index (Phi) is 5.35. The highest BCUT2D eigenvalue weighted by Crippen LogP contribution is 2.26. The summed E-state index contributed by atoms with van der Waals surface area (Å²) in [6.07, 6.45) is 6.38. The van der Waals surface area contributed by atoms with Crippen molar-refractivity contribution in [3.05, 3.63) is 29.7 Å². The molecule has 1 aliphatic rings. The van der Waals surface area contributed by atoms with Crippen molar-refractivity contribution in [2.24, 2.45) is 0 Å². The van der Waals surface area contributed by atoms with Gasteiger partial charge in [0.1, 0.15) is 5.56 Å². The highest BCUT2D eigenvalue weighted by Gasteiger charge is 2.23. The Morgan fingerprint density at radius 3 is 3.08 bits per heavy atom. The number of hydrogen-bond donors (Lipinski definition) is 1. The zero-order valence-corrected chi connectivity index (χ0v) is 14.4. The predicted octanol–water partition coefficient (Wildman–Crippen LogP) is 3.24. The van der Waals surface area contributed by atoms with Crippen molar-refractivity contribution in [3.8, 4) is 11.5 Å². The topological polar surface area (TPSA) is 71.5 Å². The van der Waals surface area contributed by atoms with E-state index in [0.717, 1.165) is 13.0 Å². The van der Waals surface area contributed by atoms with E-state index < -0.39 is 0 Å². The number of nitrogens with zero attached hydrogens (tertiary/aromatic N) is 2. The van der Waals surface area contributed by atoms with Crippen LogP contribution in [0.4, 0.5) is 0 Å². The minimum atomic E-state index is -0.160. The lowest BCUT2D eigenvalue weighted by atomic mass is 10.0. The quantitative estimate of drug-likeness (QED) is 0.823. The Hall–Kier alpha value is -2.08. The molecule has 3 heterocycles. The maximum Gasteiger partial charge on any atom is 0.257 e. The number of aryl methyl sites for hydroxylation is 1. The first kappa shape index (κ1) is 16.8. The van der Waals surface area contributed by atoms with Crippen molar-refractivity contribution in [1.29, 1.82) is 0 Å². The Morgan fingerprint density at radius 1 is 1.46 bits per heavy atom. The maximum absolute atomic E-state index is 12.5. The molecule has 3 rings (SSSR count). The number of carbonyl (C=O) groups excluding carboxylic acids is 1. The number of furan rings is 1. The van der Waals surface area contributed by atoms with Gasteiger partial charge >= 0.3 is 0 Å². The van der Waals surface area contributed by atoms with Crippen LogP contribution in [0, 0.1) is 6.92 Å². The molecular weight excluding hydrogens is 306 g/mol. The first-order chi connectivity index (χ1) is 11.7. The second kappa shape index (κ2) is 7.66. The maximum atomic E-state index is 12.5. The molecule has 0 aromatic carbocycles. The third-order valence-electron chi connectivity index (χ3n) is 4.68. The van der Waals surface area contributed by atoms with Gasteiger partial charge in [-0.15, -0.1) is 0 Å². The van der Waals surface area contributed by atoms with Gasteiger partial charge in [-0.25, -0.2) is 0 Å². The predicted molar refractivity (Wildman–Crippen MR) is 90.8 cm³/mol. The third-order valence-corrected chi connectivity index (χ3v) is 4.68. The van der Waals surface area contributed by atoms with Crippen LogP contribution in [-0.2, 0) is 0 Å². The van der Waals surface area contributed by atoms with Crippen molar-refractivity contribution in [3.63, 3.8) is 0 Å². The second-order valence-electron chi connectivity index (χ2n) is 6.44. The average molecular weight is 331 g/mol. The molecule has 2 aromatic rings. The van der Waals surface area contributed by atoms with Gasteiger partial charge in [-0.05, 0) is 51.8 Å². The monoisotopic (exact) mass is 331 g/mol. The Bertz CT molecular complexity index is 663. The molecule has 130 valence electrons. The largest absolute Gasteiger partial charge is 0.461 e. The van der Waals surface area contributed by atoms with Crippen LogP contribution in [0.5, 0.6) is 0 Å². The van der Waals surface area contributed by atoms with Crippen molar-refractivity contribution in [2.75, 3.05) is 19.6 Å². The summed E-state index contributed by atoms with van der Waals surface area (Å²) in [4.78, 5) is 15.0. The van der Waals surface area contributed by atoms with Gasteiger partial charge in [0.25, 0.3) is 5.91 Å². The summed E-state index contributed by atoms with van der Waals surface area (Å²) in [5.74, 6) is 0.745. The lowest BCUT2D eigenvalue weighted by Crippen LogP contribution is -2.39. The molecule has 6 nitrogen and oxygen atoms in total. The van der Waals surface area contributed by atoms with E-state index in [1.54, 1.807) is 25.3 Å². The fourth-order valence-corrected chi connectivity index (χ4v) is 3.28. The number of amides is 1. The lowest BCUT2D eigenvalue weighted by molar-refractivity contribution is 0.0948. The van der Waals surface area contributed by atoms with Crippen molar-refractivity contribution in [2.45, 2.75) is 45.6 Å². The SMILES string of the molecule is Cc1noc(-c2ccco2)c1C(=O)NCCCN1CCCC[C@H]1C. The highest BCUT2D eigenvalue weighted by atomic mass is 16.5. The summed E-state index contributed by atoms with van der Waals surface area (Å²) in [5.41, 5.74) is 1.03. The number of rotatable bonds is 6. The number of piperidine rings is 1. The van der Waals surface area contributed by atoms with Crippen LogP contribution in [0.3, 0.4) is 0 Å². The number of aromatic nitrogens is 1. The van der Waals surface area contributed by atoms with Gasteiger partial charge in [-0.1, -0.05) is 11.6 Å². The minimum Gasteiger partial charge on any atom is -0.461 e. The summed E-state index contributed by atoms with van der Waals surface area (Å²) in [5, 5.41) is 6.88. The van der Waals surface area contributed by atoms with Gasteiger partial charge in [0, 0.05) is 19.1 Å². The minimum absolute atomic E-state index is 0.160. The third kappa shape index (κ3) is 3.70. The summed E-state index contributed by atoms with van der Waals surface area (Å²) < 4.78 is 10.6. The standard InChI is InChI=1S/C18H25N3O3/c1-13-7-3-4-10-21(13)11-6-9-19-18(22)16-14(2)20-24-17(16)15-8-5-12-23-15/h5,8,12-13H,3-4,6-7,9-11H2,1-2H3,(H,19,22)/t13-/m1/s1. The van der Waals surface area contributed by atoms with E-state index in [1.165, 1.54) is 25.8 Å². The summed E-state index contributed by atoms with van der Waals surface area (Å²) >= 11 is 0. The molecule has 0 saturated carbocycles. The first-order valence-corrected chi connectivity index (χ1v) is 8.69. The number of likely N-dealkylation sites (tertiary alicyclic amines) is 1. The normalized spacial score (nSPS) is 18.7. The molecule has 1 fully saturated rings. The molecule has 1 atom stereocenters. The molecule has 6 heteroatoms. The smallest absolute Gasteiger partial charge is 0.257 e. The molecule has 0 spiro atoms. The van der Waals surface area contributed by atoms with Crippen LogP contribution < -0.4 is 5.32 Å². The molecule has 0 radical (unpaired) electrons. The van der Waals surface area contributed by atoms with Gasteiger partial charge < -0.3 is 19.2 Å². The zero-order valence-electron chi connectivity index (χ0n) is 14.4. The van der Waals surface area contributed by atoms with E-state index in [9.17, 15) is 4.79 Å². The summed E-state index contributed by atoms with van der Waals surface area (Å²) in [6.45, 7) is 6.88. The van der Waals surface area contributed by atoms with Crippen LogP contribution in [0.1, 0.15) is 48.7 Å². The van der Waals surface area contributed by atoms with E-state index in [0.29, 0.717) is 35.4 Å². The summed E-state index contributed by atoms with van der Waals surface area (Å²) in [6, 6.07) is 4.17. The van der Waals surface area contributed by atoms with Crippen LogP contribution in [0.25, 0.3) is 11.5 Å². The molecule has 1 aliphatic heterocycles. The molecule has 0 aliphatic carbocycles. The molecule has 1 amide bonds. The number of nitrogens with one attached hydrogen (secondary N) is 1. The van der Waals surface area contributed by atoms with Crippen molar-refractivity contribution in [1.82, 2.24) is 15.4 Å². The Morgan fingerprint density at radius 2 is 2.33 bits per heavy atom. The zero-order chi connectivity index (χ0) is 16.9. The van der Waals surface area contributed by atoms with E-state index >= 15 is 0 Å². The second-order valence-corrected chi connectivity index (χ2v) is 6.44. The van der Waals surface area contributed by atoms with Gasteiger partial charge in [0.05, 0.1) is 12.0 Å². The first-order valence-electron chi connectivity index (χ1n) is 8.69. The van der Waals surface area contributed by atoms with E-state index in [2.05, 4.69) is 22.3 Å². The fourth-order valence-electron chi connectivity index (χ4n) is 3.28. The van der Waals surface area contributed by atoms with Crippen molar-refractivity contribution >= 4 is 5.91 Å². The van der Waals surface area contributed by atoms with Gasteiger partial charge in [-0.2, -0.15) is 0 Å². The van der Waals surface area contributed by atoms with Crippen LogP contribution in [-0.4, -0.2) is 41.6 Å². The fraction of sp³-hybridized carbons (Fsp3) is 0.556. The molecule has 24 heavy (non-hydrogen) atoms. The molecule has 1 N–H and O–H groups in total. The number of hydrogen-bond acceptors (Lipinski definition) is 5. The molecule has 0 bridgehead atoms. The lowest BCUT2D eigenvalue weighted by Gasteiger charge is -2.33. The molecular formula is C18H25N3O3. The van der Waals surface area contributed by atoms with E-state index in [-0.39, 0.29) is 5.91 Å². The Balaban J connectivity index is 1.53. The van der Waals surface area contributed by atoms with E-state index in [1.807, 2.05) is 0 Å². The van der Waals surface area contributed by atoms with Crippen LogP contribution in [0.15, 0.2) is 27.3 Å². The summed E-state index contributed by atoms with van der Waals surface area (Å²) in [7, 11) is 0. The molecule has 1 saturated heterocycles. The Labute approximate surface area is 142 Å². The van der Waals surface area contributed by atoms with Gasteiger partial charge in [-0.3, -0.25) is 4.79 Å². The van der Waals surface area contributed by atoms with Crippen molar-refractivity contribution < 1.29 is 13.7 Å². The molecule has 0 unspecified atom stereocenters. The van der Waals surface area contributed by atoms with Crippen LogP contribution >= 0.6 is 0 Å². The molecule has 2 aromatic heterocycles. The van der Waals surface area contributed by atoms with Crippen LogP contribution in [0.2, 0.25) is 0 Å². The highest BCUT2D eigenvalue weighted by molar-refractivity contribution is 6.00. The number of carbonyl (C=O) groups is 1. The van der Waals surface area contributed by atoms with Gasteiger partial charge in [0.15, 0.2) is 5.76 Å². The average Bonchev–Trinajstić information content (AvgIpc) is 3.22. The van der Waals surface area contributed by atoms with E-state index in [4.69, 9.17) is 8.94 Å². The van der Waals surface area contributed by atoms with Gasteiger partial charge in [0.2, 0.25) is 5.76 Å².